The van der Waals surface area contributed by atoms with Gasteiger partial charge in [-0.15, -0.1) is 0 Å². The van der Waals surface area contributed by atoms with E-state index in [0.29, 0.717) is 18.5 Å². The number of rotatable bonds is 7. The molecule has 0 fully saturated rings. The number of ketones is 2. The number of carbonyl (C=O) groups excluding carboxylic acids is 2. The van der Waals surface area contributed by atoms with Crippen molar-refractivity contribution < 1.29 is 9.59 Å². The molecule has 4 nitrogen and oxygen atoms in total. The lowest BCUT2D eigenvalue weighted by atomic mass is 10.1. The van der Waals surface area contributed by atoms with Gasteiger partial charge in [0, 0.05) is 30.8 Å². The third kappa shape index (κ3) is 4.65. The molecule has 0 aliphatic heterocycles. The van der Waals surface area contributed by atoms with Crippen LogP contribution in [-0.2, 0) is 11.3 Å². The predicted molar refractivity (Wildman–Crippen MR) is 69.9 cm³/mol. The Hall–Kier alpha value is -1.71. The molecule has 0 saturated heterocycles. The Labute approximate surface area is 107 Å². The van der Waals surface area contributed by atoms with Crippen LogP contribution in [0, 0.1) is 0 Å². The molecule has 4 heteroatoms. The van der Waals surface area contributed by atoms with Gasteiger partial charge < -0.3 is 9.36 Å². The van der Waals surface area contributed by atoms with Gasteiger partial charge in [0.1, 0.15) is 5.78 Å². The average molecular weight is 249 g/mol. The van der Waals surface area contributed by atoms with Crippen LogP contribution in [0.1, 0.15) is 49.9 Å². The van der Waals surface area contributed by atoms with E-state index in [0.717, 1.165) is 19.3 Å². The summed E-state index contributed by atoms with van der Waals surface area (Å²) in [6.07, 6.45) is 4.82. The van der Waals surface area contributed by atoms with Crippen LogP contribution in [-0.4, -0.2) is 16.1 Å². The standard InChI is InChI=1S/C14H19NO3/c1-11(16)6-4-3-5-9-15-10-13(12(2)17)7-8-14(15)18/h7-8,10H,3-6,9H2,1-2H3. The Kier molecular flexibility index (Phi) is 5.49. The first-order chi connectivity index (χ1) is 8.50. The molecule has 1 aromatic heterocycles. The Morgan fingerprint density at radius 2 is 1.83 bits per heavy atom. The van der Waals surface area contributed by atoms with E-state index in [1.165, 1.54) is 13.0 Å². The number of aryl methyl sites for hydroxylation is 1. The molecule has 0 atom stereocenters. The van der Waals surface area contributed by atoms with Gasteiger partial charge in [0.05, 0.1) is 0 Å². The van der Waals surface area contributed by atoms with Gasteiger partial charge in [-0.25, -0.2) is 0 Å². The smallest absolute Gasteiger partial charge is 0.250 e. The van der Waals surface area contributed by atoms with Crippen molar-refractivity contribution in [1.82, 2.24) is 4.57 Å². The van der Waals surface area contributed by atoms with Crippen molar-refractivity contribution in [2.45, 2.75) is 46.1 Å². The normalized spacial score (nSPS) is 10.3. The topological polar surface area (TPSA) is 56.1 Å². The van der Waals surface area contributed by atoms with Crippen molar-refractivity contribution in [3.8, 4) is 0 Å². The maximum Gasteiger partial charge on any atom is 0.250 e. The molecular weight excluding hydrogens is 230 g/mol. The van der Waals surface area contributed by atoms with Crippen molar-refractivity contribution in [2.75, 3.05) is 0 Å². The molecule has 0 aromatic carbocycles. The van der Waals surface area contributed by atoms with Gasteiger partial charge in [0.15, 0.2) is 5.78 Å². The monoisotopic (exact) mass is 249 g/mol. The summed E-state index contributed by atoms with van der Waals surface area (Å²) in [5.41, 5.74) is 0.463. The van der Waals surface area contributed by atoms with Crippen LogP contribution in [0.15, 0.2) is 23.1 Å². The highest BCUT2D eigenvalue weighted by Crippen LogP contribution is 2.03. The molecule has 1 heterocycles. The van der Waals surface area contributed by atoms with Crippen molar-refractivity contribution in [3.05, 3.63) is 34.2 Å². The van der Waals surface area contributed by atoms with E-state index in [4.69, 9.17) is 0 Å². The minimum Gasteiger partial charge on any atom is -0.315 e. The summed E-state index contributed by atoms with van der Waals surface area (Å²) < 4.78 is 1.56. The molecule has 1 rings (SSSR count). The van der Waals surface area contributed by atoms with Crippen LogP contribution in [0.2, 0.25) is 0 Å². The van der Waals surface area contributed by atoms with Gasteiger partial charge >= 0.3 is 0 Å². The molecule has 0 saturated carbocycles. The van der Waals surface area contributed by atoms with Crippen LogP contribution >= 0.6 is 0 Å². The lowest BCUT2D eigenvalue weighted by Crippen LogP contribution is -2.19. The Morgan fingerprint density at radius 1 is 1.11 bits per heavy atom. The zero-order chi connectivity index (χ0) is 13.5. The zero-order valence-corrected chi connectivity index (χ0v) is 10.9. The Bertz CT molecular complexity index is 488. The summed E-state index contributed by atoms with van der Waals surface area (Å²) >= 11 is 0. The van der Waals surface area contributed by atoms with Gasteiger partial charge in [-0.1, -0.05) is 6.42 Å². The van der Waals surface area contributed by atoms with E-state index in [9.17, 15) is 14.4 Å². The van der Waals surface area contributed by atoms with Crippen LogP contribution in [0.5, 0.6) is 0 Å². The first-order valence-electron chi connectivity index (χ1n) is 6.21. The van der Waals surface area contributed by atoms with E-state index in [1.807, 2.05) is 0 Å². The molecule has 0 aliphatic carbocycles. The number of pyridine rings is 1. The summed E-state index contributed by atoms with van der Waals surface area (Å²) in [6, 6.07) is 2.98. The number of carbonyl (C=O) groups is 2. The van der Waals surface area contributed by atoms with Gasteiger partial charge in [0.25, 0.3) is 5.56 Å². The highest BCUT2D eigenvalue weighted by molar-refractivity contribution is 5.93. The Balaban J connectivity index is 2.51. The van der Waals surface area contributed by atoms with Gasteiger partial charge in [-0.3, -0.25) is 9.59 Å². The second kappa shape index (κ2) is 6.89. The molecule has 0 spiro atoms. The minimum absolute atomic E-state index is 0.0414. The van der Waals surface area contributed by atoms with E-state index in [-0.39, 0.29) is 17.1 Å². The van der Waals surface area contributed by atoms with E-state index in [1.54, 1.807) is 23.8 Å². The second-order valence-corrected chi connectivity index (χ2v) is 4.52. The molecule has 0 N–H and O–H groups in total. The molecule has 0 bridgehead atoms. The lowest BCUT2D eigenvalue weighted by Gasteiger charge is -2.06. The third-order valence-electron chi connectivity index (χ3n) is 2.82. The number of aromatic nitrogens is 1. The number of hydrogen-bond acceptors (Lipinski definition) is 3. The highest BCUT2D eigenvalue weighted by Gasteiger charge is 2.02. The fraction of sp³-hybridized carbons (Fsp3) is 0.500. The number of unbranched alkanes of at least 4 members (excludes halogenated alkanes) is 2. The molecule has 1 aromatic rings. The van der Waals surface area contributed by atoms with Crippen LogP contribution in [0.25, 0.3) is 0 Å². The van der Waals surface area contributed by atoms with Crippen LogP contribution in [0.3, 0.4) is 0 Å². The fourth-order valence-electron chi connectivity index (χ4n) is 1.75. The van der Waals surface area contributed by atoms with E-state index >= 15 is 0 Å². The fourth-order valence-corrected chi connectivity index (χ4v) is 1.75. The number of hydrogen-bond donors (Lipinski definition) is 0. The molecular formula is C14H19NO3. The minimum atomic E-state index is -0.0911. The maximum atomic E-state index is 11.6. The molecule has 98 valence electrons. The van der Waals surface area contributed by atoms with Crippen molar-refractivity contribution in [2.24, 2.45) is 0 Å². The molecule has 0 radical (unpaired) electrons. The zero-order valence-electron chi connectivity index (χ0n) is 10.9. The predicted octanol–water partition coefficient (Wildman–Crippen LogP) is 2.20. The summed E-state index contributed by atoms with van der Waals surface area (Å²) in [5.74, 6) is 0.158. The lowest BCUT2D eigenvalue weighted by molar-refractivity contribution is -0.117. The Morgan fingerprint density at radius 3 is 2.44 bits per heavy atom. The second-order valence-electron chi connectivity index (χ2n) is 4.52. The highest BCUT2D eigenvalue weighted by atomic mass is 16.1. The molecule has 0 amide bonds. The molecule has 18 heavy (non-hydrogen) atoms. The van der Waals surface area contributed by atoms with Crippen molar-refractivity contribution in [1.29, 1.82) is 0 Å². The quantitative estimate of drug-likeness (QED) is 0.550. The largest absolute Gasteiger partial charge is 0.315 e. The van der Waals surface area contributed by atoms with Crippen LogP contribution < -0.4 is 5.56 Å². The van der Waals surface area contributed by atoms with Crippen molar-refractivity contribution in [3.63, 3.8) is 0 Å². The van der Waals surface area contributed by atoms with E-state index in [2.05, 4.69) is 0 Å². The summed E-state index contributed by atoms with van der Waals surface area (Å²) in [4.78, 5) is 33.5. The SMILES string of the molecule is CC(=O)CCCCCn1cc(C(C)=O)ccc1=O. The molecule has 0 aliphatic rings. The van der Waals surface area contributed by atoms with Gasteiger partial charge in [-0.05, 0) is 32.8 Å². The third-order valence-corrected chi connectivity index (χ3v) is 2.82. The first-order valence-corrected chi connectivity index (χ1v) is 6.21. The van der Waals surface area contributed by atoms with Crippen molar-refractivity contribution >= 4 is 11.6 Å². The first kappa shape index (κ1) is 14.4. The maximum absolute atomic E-state index is 11.6. The summed E-state index contributed by atoms with van der Waals surface area (Å²) in [5, 5.41) is 0. The van der Waals surface area contributed by atoms with Crippen LogP contribution in [0.4, 0.5) is 0 Å². The van der Waals surface area contributed by atoms with Gasteiger partial charge in [0.2, 0.25) is 0 Å². The summed E-state index contributed by atoms with van der Waals surface area (Å²) in [7, 11) is 0. The molecule has 0 unspecified atom stereocenters. The summed E-state index contributed by atoms with van der Waals surface area (Å²) in [6.45, 7) is 3.66. The van der Waals surface area contributed by atoms with Gasteiger partial charge in [-0.2, -0.15) is 0 Å². The number of nitrogens with zero attached hydrogens (tertiary/aromatic N) is 1. The average Bonchev–Trinajstić information content (AvgIpc) is 2.30. The van der Waals surface area contributed by atoms with E-state index < -0.39 is 0 Å². The number of Topliss-reactive ketones (excluding diaryl/α,β-unsaturated/α-hetero) is 2.